The number of fused-ring (bicyclic) bond motifs is 6. The number of para-hydroxylation sites is 1. The Morgan fingerprint density at radius 2 is 1.53 bits per heavy atom. The second-order valence-electron chi connectivity index (χ2n) is 10.7. The molecule has 0 unspecified atom stereocenters. The van der Waals surface area contributed by atoms with E-state index in [0.717, 1.165) is 33.2 Å². The van der Waals surface area contributed by atoms with E-state index in [2.05, 4.69) is 109 Å². The normalized spacial score (nSPS) is 12.5. The fourth-order valence-electron chi connectivity index (χ4n) is 4.98. The quantitative estimate of drug-likeness (QED) is 0.178. The number of hydrogen-bond donors (Lipinski definition) is 0. The summed E-state index contributed by atoms with van der Waals surface area (Å²) < 4.78 is 8.08. The van der Waals surface area contributed by atoms with Gasteiger partial charge in [0.05, 0.1) is 0 Å². The van der Waals surface area contributed by atoms with Gasteiger partial charge in [0.25, 0.3) is 0 Å². The van der Waals surface area contributed by atoms with Crippen molar-refractivity contribution in [2.24, 2.45) is 0 Å². The molecule has 4 aromatic carbocycles. The van der Waals surface area contributed by atoms with Gasteiger partial charge in [0.2, 0.25) is 0 Å². The van der Waals surface area contributed by atoms with E-state index in [1.54, 1.807) is 0 Å². The van der Waals surface area contributed by atoms with Crippen molar-refractivity contribution < 1.29 is 4.42 Å². The zero-order chi connectivity index (χ0) is 23.6. The number of hydrogen-bond acceptors (Lipinski definition) is 2. The van der Waals surface area contributed by atoms with E-state index in [1.807, 2.05) is 6.20 Å². The summed E-state index contributed by atoms with van der Waals surface area (Å²) in [4.78, 5) is 4.68. The van der Waals surface area contributed by atoms with Gasteiger partial charge in [0.15, 0.2) is 0 Å². The van der Waals surface area contributed by atoms with Gasteiger partial charge < -0.3 is 0 Å². The van der Waals surface area contributed by atoms with E-state index >= 15 is 0 Å². The molecule has 0 aliphatic heterocycles. The number of nitrogens with zero attached hydrogens (tertiary/aromatic N) is 1. The number of benzene rings is 4. The van der Waals surface area contributed by atoms with Gasteiger partial charge in [-0.1, -0.05) is 13.8 Å². The summed E-state index contributed by atoms with van der Waals surface area (Å²) in [6, 6.07) is 26.8. The Balaban J connectivity index is 1.60. The number of furan rings is 1. The zero-order valence-corrected chi connectivity index (χ0v) is 22.5. The molecule has 2 heterocycles. The molecular formula is C31H29GeNO. The molecule has 6 aromatic rings. The SMILES string of the molecule is CC(C)c1ccnc(-c2cccc3c2oc2cc4c(ccc5c[c]([Ge]([CH3])([CH3])[CH3])ccc54)cc23)c1. The van der Waals surface area contributed by atoms with Crippen LogP contribution in [0.15, 0.2) is 83.4 Å². The second kappa shape index (κ2) is 7.71. The third-order valence-corrected chi connectivity index (χ3v) is 11.3. The Bertz CT molecular complexity index is 1720. The van der Waals surface area contributed by atoms with Crippen LogP contribution in [0.2, 0.25) is 17.3 Å². The van der Waals surface area contributed by atoms with Crippen LogP contribution in [0.5, 0.6) is 0 Å². The van der Waals surface area contributed by atoms with Crippen LogP contribution < -0.4 is 4.40 Å². The van der Waals surface area contributed by atoms with E-state index < -0.39 is 13.3 Å². The summed E-state index contributed by atoms with van der Waals surface area (Å²) in [6.07, 6.45) is 1.91. The first-order valence-corrected chi connectivity index (χ1v) is 19.4. The average molecular weight is 504 g/mol. The van der Waals surface area contributed by atoms with Crippen LogP contribution in [0.1, 0.15) is 25.3 Å². The van der Waals surface area contributed by atoms with Crippen molar-refractivity contribution in [2.75, 3.05) is 0 Å². The molecule has 2 nitrogen and oxygen atoms in total. The number of pyridine rings is 1. The first-order valence-electron chi connectivity index (χ1n) is 12.1. The number of aromatic nitrogens is 1. The second-order valence-corrected chi connectivity index (χ2v) is 21.4. The molecule has 3 heteroatoms. The van der Waals surface area contributed by atoms with Gasteiger partial charge in [0, 0.05) is 6.20 Å². The third kappa shape index (κ3) is 3.44. The molecule has 0 aliphatic carbocycles. The van der Waals surface area contributed by atoms with Crippen LogP contribution in [0.4, 0.5) is 0 Å². The first kappa shape index (κ1) is 21.4. The van der Waals surface area contributed by atoms with Gasteiger partial charge in [-0.3, -0.25) is 0 Å². The van der Waals surface area contributed by atoms with E-state index in [-0.39, 0.29) is 0 Å². The van der Waals surface area contributed by atoms with Gasteiger partial charge >= 0.3 is 166 Å². The Morgan fingerprint density at radius 3 is 2.29 bits per heavy atom. The minimum absolute atomic E-state index is 0.456. The van der Waals surface area contributed by atoms with Crippen LogP contribution >= 0.6 is 0 Å². The van der Waals surface area contributed by atoms with Gasteiger partial charge in [-0.05, 0) is 17.5 Å². The fraction of sp³-hybridized carbons (Fsp3) is 0.194. The average Bonchev–Trinajstić information content (AvgIpc) is 3.19. The molecule has 0 fully saturated rings. The maximum absolute atomic E-state index is 6.54. The maximum atomic E-state index is 6.54. The minimum atomic E-state index is -1.88. The van der Waals surface area contributed by atoms with E-state index in [0.29, 0.717) is 5.92 Å². The van der Waals surface area contributed by atoms with Crippen molar-refractivity contribution >= 4 is 61.1 Å². The predicted octanol–water partition coefficient (Wildman–Crippen LogP) is 8.62. The number of rotatable bonds is 3. The van der Waals surface area contributed by atoms with E-state index in [4.69, 9.17) is 4.42 Å². The summed E-state index contributed by atoms with van der Waals surface area (Å²) in [5.41, 5.74) is 5.14. The summed E-state index contributed by atoms with van der Waals surface area (Å²) in [6.45, 7) is 4.42. The first-order chi connectivity index (χ1) is 16.3. The Kier molecular flexibility index (Phi) is 4.86. The van der Waals surface area contributed by atoms with Gasteiger partial charge in [0.1, 0.15) is 0 Å². The van der Waals surface area contributed by atoms with Crippen molar-refractivity contribution in [3.63, 3.8) is 0 Å². The Labute approximate surface area is 203 Å². The van der Waals surface area contributed by atoms with Crippen molar-refractivity contribution in [2.45, 2.75) is 37.0 Å². The van der Waals surface area contributed by atoms with Crippen LogP contribution in [0.3, 0.4) is 0 Å². The van der Waals surface area contributed by atoms with Crippen LogP contribution in [-0.2, 0) is 0 Å². The molecule has 0 aliphatic rings. The zero-order valence-electron chi connectivity index (χ0n) is 20.4. The molecule has 0 amide bonds. The fourth-order valence-corrected chi connectivity index (χ4v) is 7.44. The van der Waals surface area contributed by atoms with E-state index in [9.17, 15) is 0 Å². The standard InChI is InChI=1S/C31H29GeNO/c1-19(2)20-13-14-33-29(17-20)26-8-6-7-25-28-16-22-10-9-21-15-23(32(3,4)5)11-12-24(21)27(22)18-30(28)34-31(25)26/h6-19H,1-5H3. The molecule has 0 radical (unpaired) electrons. The van der Waals surface area contributed by atoms with E-state index in [1.165, 1.54) is 31.5 Å². The summed E-state index contributed by atoms with van der Waals surface area (Å²) in [5, 5.41) is 7.40. The summed E-state index contributed by atoms with van der Waals surface area (Å²) in [5.74, 6) is 7.80. The van der Waals surface area contributed by atoms with Crippen LogP contribution in [0.25, 0.3) is 54.7 Å². The molecular weight excluding hydrogens is 475 g/mol. The molecule has 0 spiro atoms. The van der Waals surface area contributed by atoms with Crippen molar-refractivity contribution in [3.8, 4) is 11.3 Å². The van der Waals surface area contributed by atoms with Crippen molar-refractivity contribution in [3.05, 3.63) is 84.6 Å². The molecule has 0 atom stereocenters. The molecule has 34 heavy (non-hydrogen) atoms. The molecule has 0 saturated heterocycles. The van der Waals surface area contributed by atoms with Gasteiger partial charge in [-0.15, -0.1) is 0 Å². The third-order valence-electron chi connectivity index (χ3n) is 7.05. The van der Waals surface area contributed by atoms with Crippen LogP contribution in [-0.4, -0.2) is 18.3 Å². The molecule has 6 rings (SSSR count). The van der Waals surface area contributed by atoms with Crippen molar-refractivity contribution in [1.82, 2.24) is 4.98 Å². The van der Waals surface area contributed by atoms with Crippen molar-refractivity contribution in [1.29, 1.82) is 0 Å². The van der Waals surface area contributed by atoms with Crippen LogP contribution in [0, 0.1) is 0 Å². The molecule has 168 valence electrons. The summed E-state index contributed by atoms with van der Waals surface area (Å²) >= 11 is -1.88. The Morgan fingerprint density at radius 1 is 0.735 bits per heavy atom. The molecule has 2 aromatic heterocycles. The van der Waals surface area contributed by atoms with Gasteiger partial charge in [-0.25, -0.2) is 0 Å². The predicted molar refractivity (Wildman–Crippen MR) is 149 cm³/mol. The Hall–Kier alpha value is -3.11. The topological polar surface area (TPSA) is 26.0 Å². The monoisotopic (exact) mass is 505 g/mol. The summed E-state index contributed by atoms with van der Waals surface area (Å²) in [7, 11) is 0. The molecule has 0 N–H and O–H groups in total. The molecule has 0 saturated carbocycles. The molecule has 0 bridgehead atoms. The van der Waals surface area contributed by atoms with Gasteiger partial charge in [-0.2, -0.15) is 0 Å².